The highest BCUT2D eigenvalue weighted by atomic mass is 16.6. The highest BCUT2D eigenvalue weighted by molar-refractivity contribution is 5.98. The lowest BCUT2D eigenvalue weighted by Gasteiger charge is -2.27. The van der Waals surface area contributed by atoms with Gasteiger partial charge in [0, 0.05) is 31.0 Å². The predicted molar refractivity (Wildman–Crippen MR) is 165 cm³/mol. The van der Waals surface area contributed by atoms with Crippen LogP contribution in [0.25, 0.3) is 0 Å². The zero-order chi connectivity index (χ0) is 32.6. The monoisotopic (exact) mass is 622 g/mol. The van der Waals surface area contributed by atoms with Crippen molar-refractivity contribution in [1.29, 1.82) is 0 Å². The lowest BCUT2D eigenvalue weighted by Crippen LogP contribution is -2.50. The smallest absolute Gasteiger partial charge is 0.248 e. The van der Waals surface area contributed by atoms with Crippen LogP contribution in [-0.2, 0) is 41.5 Å². The summed E-state index contributed by atoms with van der Waals surface area (Å²) in [6, 6.07) is 11.9. The third-order valence-corrected chi connectivity index (χ3v) is 8.20. The van der Waals surface area contributed by atoms with E-state index in [1.807, 2.05) is 17.0 Å². The van der Waals surface area contributed by atoms with Gasteiger partial charge in [0.25, 0.3) is 0 Å². The summed E-state index contributed by atoms with van der Waals surface area (Å²) in [6.07, 6.45) is 0.219. The number of hydrogen-bond donors (Lipinski definition) is 3. The fourth-order valence-corrected chi connectivity index (χ4v) is 5.21. The van der Waals surface area contributed by atoms with Crippen molar-refractivity contribution < 1.29 is 38.2 Å². The lowest BCUT2D eigenvalue weighted by molar-refractivity contribution is -0.134. The lowest BCUT2D eigenvalue weighted by atomic mass is 9.89. The second-order valence-electron chi connectivity index (χ2n) is 11.8. The van der Waals surface area contributed by atoms with Crippen molar-refractivity contribution in [2.24, 2.45) is 11.7 Å². The molecule has 4 rings (SSSR count). The fourth-order valence-electron chi connectivity index (χ4n) is 5.21. The minimum atomic E-state index is -1.01. The minimum Gasteiger partial charge on any atom is -0.497 e. The first-order valence-corrected chi connectivity index (χ1v) is 15.1. The first kappa shape index (κ1) is 33.8. The van der Waals surface area contributed by atoms with Crippen molar-refractivity contribution in [3.8, 4) is 5.75 Å². The van der Waals surface area contributed by atoms with Crippen LogP contribution in [0.5, 0.6) is 5.75 Å². The molecule has 2 aliphatic heterocycles. The number of carbonyl (C=O) groups excluding carboxylic acids is 5. The Bertz CT molecular complexity index is 1370. The van der Waals surface area contributed by atoms with E-state index in [0.717, 1.165) is 5.56 Å². The molecule has 2 fully saturated rings. The fraction of sp³-hybridized carbons (Fsp3) is 0.485. The maximum absolute atomic E-state index is 13.9. The number of primary amides is 1. The van der Waals surface area contributed by atoms with E-state index in [4.69, 9.17) is 19.9 Å². The predicted octanol–water partition coefficient (Wildman–Crippen LogP) is 0.834. The van der Waals surface area contributed by atoms with E-state index in [0.29, 0.717) is 43.2 Å². The second-order valence-corrected chi connectivity index (χ2v) is 11.8. The van der Waals surface area contributed by atoms with Crippen LogP contribution in [0.3, 0.4) is 0 Å². The number of methoxy groups -OCH3 is 1. The molecule has 12 heteroatoms. The van der Waals surface area contributed by atoms with Gasteiger partial charge in [-0.25, -0.2) is 0 Å². The molecule has 0 aromatic heterocycles. The molecule has 0 aliphatic carbocycles. The highest BCUT2D eigenvalue weighted by Gasteiger charge is 2.50. The van der Waals surface area contributed by atoms with Gasteiger partial charge in [-0.15, -0.1) is 0 Å². The van der Waals surface area contributed by atoms with Crippen molar-refractivity contribution >= 4 is 29.3 Å². The number of benzene rings is 2. The second kappa shape index (κ2) is 15.2. The SMILES string of the molecule is COc1ccc(CC(CC(=O)C(C)NC(=O)CN2CCOCC2)C(=O)NC(Cc2ccc(C(N)=O)cc2)C(=O)C2(C)CO2)cc1. The molecule has 0 spiro atoms. The van der Waals surface area contributed by atoms with Crippen LogP contribution in [-0.4, -0.2) is 98.4 Å². The van der Waals surface area contributed by atoms with E-state index in [1.165, 1.54) is 0 Å². The molecule has 0 radical (unpaired) electrons. The Labute approximate surface area is 262 Å². The first-order chi connectivity index (χ1) is 21.5. The number of Topliss-reactive ketones (excluding diaryl/α,β-unsaturated/α-hetero) is 2. The molecule has 2 aromatic rings. The Morgan fingerprint density at radius 3 is 2.13 bits per heavy atom. The third kappa shape index (κ3) is 9.68. The van der Waals surface area contributed by atoms with Crippen molar-refractivity contribution in [3.63, 3.8) is 0 Å². The summed E-state index contributed by atoms with van der Waals surface area (Å²) in [7, 11) is 1.56. The summed E-state index contributed by atoms with van der Waals surface area (Å²) in [5.41, 5.74) is 6.19. The molecule has 45 heavy (non-hydrogen) atoms. The van der Waals surface area contributed by atoms with Crippen molar-refractivity contribution in [3.05, 3.63) is 65.2 Å². The van der Waals surface area contributed by atoms with E-state index in [9.17, 15) is 24.0 Å². The van der Waals surface area contributed by atoms with E-state index < -0.39 is 35.4 Å². The van der Waals surface area contributed by atoms with E-state index >= 15 is 0 Å². The van der Waals surface area contributed by atoms with Crippen LogP contribution in [0, 0.1) is 5.92 Å². The zero-order valence-corrected chi connectivity index (χ0v) is 26.0. The number of ketones is 2. The average molecular weight is 623 g/mol. The van der Waals surface area contributed by atoms with E-state index in [1.54, 1.807) is 57.4 Å². The Hall–Kier alpha value is -4.13. The summed E-state index contributed by atoms with van der Waals surface area (Å²) < 4.78 is 16.0. The first-order valence-electron chi connectivity index (χ1n) is 15.1. The van der Waals surface area contributed by atoms with Crippen LogP contribution >= 0.6 is 0 Å². The molecule has 12 nitrogen and oxygen atoms in total. The van der Waals surface area contributed by atoms with E-state index in [2.05, 4.69) is 10.6 Å². The topological polar surface area (TPSA) is 170 Å². The van der Waals surface area contributed by atoms with Gasteiger partial charge in [-0.3, -0.25) is 28.9 Å². The molecule has 0 saturated carbocycles. The quantitative estimate of drug-likeness (QED) is 0.230. The maximum atomic E-state index is 13.9. The molecule has 2 aromatic carbocycles. The number of nitrogens with zero attached hydrogens (tertiary/aromatic N) is 1. The molecular weight excluding hydrogens is 580 g/mol. The number of rotatable bonds is 16. The molecule has 3 amide bonds. The Balaban J connectivity index is 1.48. The largest absolute Gasteiger partial charge is 0.497 e. The molecule has 2 heterocycles. The minimum absolute atomic E-state index is 0.153. The Kier molecular flexibility index (Phi) is 11.4. The zero-order valence-electron chi connectivity index (χ0n) is 26.0. The van der Waals surface area contributed by atoms with Crippen LogP contribution in [0.4, 0.5) is 0 Å². The van der Waals surface area contributed by atoms with Crippen LogP contribution in [0.2, 0.25) is 0 Å². The van der Waals surface area contributed by atoms with E-state index in [-0.39, 0.29) is 49.9 Å². The highest BCUT2D eigenvalue weighted by Crippen LogP contribution is 2.29. The van der Waals surface area contributed by atoms with Gasteiger partial charge in [0.05, 0.1) is 45.6 Å². The van der Waals surface area contributed by atoms with Gasteiger partial charge in [0.1, 0.15) is 11.4 Å². The number of epoxide rings is 1. The number of amides is 3. The molecule has 4 unspecified atom stereocenters. The van der Waals surface area contributed by atoms with Gasteiger partial charge in [-0.1, -0.05) is 24.3 Å². The summed E-state index contributed by atoms with van der Waals surface area (Å²) in [4.78, 5) is 66.8. The van der Waals surface area contributed by atoms with Gasteiger partial charge in [0.2, 0.25) is 17.7 Å². The van der Waals surface area contributed by atoms with Gasteiger partial charge < -0.3 is 30.6 Å². The van der Waals surface area contributed by atoms with Crippen LogP contribution in [0.1, 0.15) is 41.8 Å². The van der Waals surface area contributed by atoms with Crippen LogP contribution < -0.4 is 21.1 Å². The Morgan fingerprint density at radius 1 is 0.956 bits per heavy atom. The number of nitrogens with two attached hydrogens (primary N) is 1. The van der Waals surface area contributed by atoms with Gasteiger partial charge in [0.15, 0.2) is 11.6 Å². The summed E-state index contributed by atoms with van der Waals surface area (Å²) in [5, 5.41) is 5.65. The molecule has 2 saturated heterocycles. The van der Waals surface area contributed by atoms with Gasteiger partial charge in [-0.2, -0.15) is 0 Å². The van der Waals surface area contributed by atoms with Gasteiger partial charge in [-0.05, 0) is 62.1 Å². The molecule has 2 aliphatic rings. The normalized spacial score (nSPS) is 19.9. The molecule has 4 atom stereocenters. The number of nitrogens with one attached hydrogen (secondary N) is 2. The number of morpholine rings is 1. The van der Waals surface area contributed by atoms with Crippen LogP contribution in [0.15, 0.2) is 48.5 Å². The standard InChI is InChI=1S/C33H42N4O8/c1-21(35-29(39)19-37-12-14-44-15-13-37)28(38)18-25(16-22-6-10-26(43-3)11-7-22)32(42)36-27(30(40)33(2)20-45-33)17-23-4-8-24(9-5-23)31(34)41/h4-11,21,25,27H,12-20H2,1-3H3,(H2,34,41)(H,35,39)(H,36,42). The summed E-state index contributed by atoms with van der Waals surface area (Å²) in [6.45, 7) is 6.06. The number of carbonyl (C=O) groups is 5. The number of hydrogen-bond acceptors (Lipinski definition) is 9. The summed E-state index contributed by atoms with van der Waals surface area (Å²) in [5.74, 6) is -2.08. The molecule has 242 valence electrons. The number of ether oxygens (including phenoxy) is 3. The molecule has 4 N–H and O–H groups in total. The van der Waals surface area contributed by atoms with Gasteiger partial charge >= 0.3 is 0 Å². The Morgan fingerprint density at radius 2 is 1.56 bits per heavy atom. The van der Waals surface area contributed by atoms with Crippen molar-refractivity contribution in [2.45, 2.75) is 50.8 Å². The van der Waals surface area contributed by atoms with Crippen molar-refractivity contribution in [1.82, 2.24) is 15.5 Å². The summed E-state index contributed by atoms with van der Waals surface area (Å²) >= 11 is 0. The molecular formula is C33H42N4O8. The third-order valence-electron chi connectivity index (χ3n) is 8.20. The average Bonchev–Trinajstić information content (AvgIpc) is 3.79. The maximum Gasteiger partial charge on any atom is 0.248 e. The van der Waals surface area contributed by atoms with Crippen molar-refractivity contribution in [2.75, 3.05) is 46.6 Å². The molecule has 0 bridgehead atoms.